The maximum absolute atomic E-state index is 10.8. The Balaban J connectivity index is 1.86. The van der Waals surface area contributed by atoms with Gasteiger partial charge in [0.1, 0.15) is 0 Å². The molecule has 3 nitrogen and oxygen atoms in total. The summed E-state index contributed by atoms with van der Waals surface area (Å²) in [4.78, 5) is 10.8. The summed E-state index contributed by atoms with van der Waals surface area (Å²) in [7, 11) is 0. The molecule has 2 aliphatic rings. The lowest BCUT2D eigenvalue weighted by Crippen LogP contribution is -2.43. The van der Waals surface area contributed by atoms with Crippen LogP contribution in [0, 0.1) is 11.3 Å². The minimum absolute atomic E-state index is 0.0567. The van der Waals surface area contributed by atoms with Crippen LogP contribution in [0.4, 0.5) is 0 Å². The number of carbonyl (C=O) groups is 1. The average molecular weight is 198 g/mol. The molecule has 0 amide bonds. The van der Waals surface area contributed by atoms with E-state index in [-0.39, 0.29) is 12.0 Å². The Hall–Kier alpha value is -0.570. The molecule has 0 bridgehead atoms. The summed E-state index contributed by atoms with van der Waals surface area (Å²) in [6.07, 6.45) is 5.91. The number of ether oxygens (including phenoxy) is 1. The highest BCUT2D eigenvalue weighted by Gasteiger charge is 2.42. The van der Waals surface area contributed by atoms with Gasteiger partial charge in [0.2, 0.25) is 0 Å². The molecule has 0 aromatic rings. The SMILES string of the molecule is C[C@H](C(=O)O)C1CCC2(CCC2)CO1. The molecule has 1 unspecified atom stereocenters. The molecule has 1 N–H and O–H groups in total. The van der Waals surface area contributed by atoms with Gasteiger partial charge in [0, 0.05) is 0 Å². The first-order valence-electron chi connectivity index (χ1n) is 5.47. The van der Waals surface area contributed by atoms with Gasteiger partial charge in [-0.1, -0.05) is 6.42 Å². The van der Waals surface area contributed by atoms with E-state index in [0.29, 0.717) is 5.41 Å². The van der Waals surface area contributed by atoms with Crippen molar-refractivity contribution in [3.63, 3.8) is 0 Å². The zero-order valence-corrected chi connectivity index (χ0v) is 8.66. The van der Waals surface area contributed by atoms with Gasteiger partial charge >= 0.3 is 5.97 Å². The Morgan fingerprint density at radius 3 is 2.57 bits per heavy atom. The van der Waals surface area contributed by atoms with Gasteiger partial charge in [-0.05, 0) is 38.0 Å². The molecule has 3 heteroatoms. The zero-order valence-electron chi connectivity index (χ0n) is 8.66. The second-order valence-corrected chi connectivity index (χ2v) is 4.87. The fourth-order valence-electron chi connectivity index (χ4n) is 2.51. The van der Waals surface area contributed by atoms with Gasteiger partial charge in [0.05, 0.1) is 18.6 Å². The maximum Gasteiger partial charge on any atom is 0.308 e. The van der Waals surface area contributed by atoms with Crippen molar-refractivity contribution in [3.05, 3.63) is 0 Å². The molecule has 0 aromatic carbocycles. The summed E-state index contributed by atoms with van der Waals surface area (Å²) in [5.74, 6) is -1.09. The summed E-state index contributed by atoms with van der Waals surface area (Å²) in [5, 5.41) is 8.86. The first-order valence-corrected chi connectivity index (χ1v) is 5.47. The largest absolute Gasteiger partial charge is 0.481 e. The van der Waals surface area contributed by atoms with Crippen molar-refractivity contribution in [3.8, 4) is 0 Å². The van der Waals surface area contributed by atoms with Crippen molar-refractivity contribution in [2.75, 3.05) is 6.61 Å². The van der Waals surface area contributed by atoms with Gasteiger partial charge < -0.3 is 9.84 Å². The Kier molecular flexibility index (Phi) is 2.52. The number of hydrogen-bond donors (Lipinski definition) is 1. The number of aliphatic carboxylic acids is 1. The van der Waals surface area contributed by atoms with Crippen LogP contribution in [-0.2, 0) is 9.53 Å². The Labute approximate surface area is 84.4 Å². The lowest BCUT2D eigenvalue weighted by Gasteiger charge is -2.47. The molecule has 1 aliphatic carbocycles. The Bertz CT molecular complexity index is 223. The number of hydrogen-bond acceptors (Lipinski definition) is 2. The molecular weight excluding hydrogens is 180 g/mol. The Morgan fingerprint density at radius 1 is 1.50 bits per heavy atom. The highest BCUT2D eigenvalue weighted by Crippen LogP contribution is 2.48. The normalized spacial score (nSPS) is 32.2. The quantitative estimate of drug-likeness (QED) is 0.738. The van der Waals surface area contributed by atoms with E-state index in [9.17, 15) is 4.79 Å². The molecule has 1 saturated heterocycles. The van der Waals surface area contributed by atoms with E-state index in [0.717, 1.165) is 19.4 Å². The summed E-state index contributed by atoms with van der Waals surface area (Å²) in [6.45, 7) is 2.53. The van der Waals surface area contributed by atoms with Crippen LogP contribution < -0.4 is 0 Å². The van der Waals surface area contributed by atoms with Crippen LogP contribution in [0.1, 0.15) is 39.0 Å². The number of carboxylic acid groups (broad SMARTS) is 1. The average Bonchev–Trinajstić information content (AvgIpc) is 2.14. The van der Waals surface area contributed by atoms with E-state index >= 15 is 0 Å². The molecule has 1 heterocycles. The zero-order chi connectivity index (χ0) is 10.2. The van der Waals surface area contributed by atoms with Crippen LogP contribution in [0.15, 0.2) is 0 Å². The predicted octanol–water partition coefficient (Wildman–Crippen LogP) is 2.06. The van der Waals surface area contributed by atoms with E-state index in [1.54, 1.807) is 6.92 Å². The highest BCUT2D eigenvalue weighted by atomic mass is 16.5. The van der Waals surface area contributed by atoms with Crippen LogP contribution in [0.2, 0.25) is 0 Å². The molecule has 0 radical (unpaired) electrons. The van der Waals surface area contributed by atoms with Gasteiger partial charge in [-0.3, -0.25) is 4.79 Å². The van der Waals surface area contributed by atoms with Gasteiger partial charge in [0.15, 0.2) is 0 Å². The molecule has 1 aliphatic heterocycles. The van der Waals surface area contributed by atoms with Crippen molar-refractivity contribution >= 4 is 5.97 Å². The molecule has 1 spiro atoms. The fourth-order valence-corrected chi connectivity index (χ4v) is 2.51. The molecule has 14 heavy (non-hydrogen) atoms. The predicted molar refractivity (Wildman–Crippen MR) is 52.1 cm³/mol. The molecule has 2 atom stereocenters. The topological polar surface area (TPSA) is 46.5 Å². The molecule has 1 saturated carbocycles. The van der Waals surface area contributed by atoms with E-state index in [4.69, 9.17) is 9.84 Å². The Morgan fingerprint density at radius 2 is 2.21 bits per heavy atom. The van der Waals surface area contributed by atoms with Crippen LogP contribution in [0.5, 0.6) is 0 Å². The smallest absolute Gasteiger partial charge is 0.308 e. The van der Waals surface area contributed by atoms with Crippen molar-refractivity contribution in [1.29, 1.82) is 0 Å². The second kappa shape index (κ2) is 3.54. The molecule has 2 fully saturated rings. The lowest BCUT2D eigenvalue weighted by atomic mass is 9.65. The van der Waals surface area contributed by atoms with Crippen LogP contribution in [0.25, 0.3) is 0 Å². The molecule has 2 rings (SSSR count). The van der Waals surface area contributed by atoms with Crippen molar-refractivity contribution in [2.45, 2.75) is 45.1 Å². The third-order valence-corrected chi connectivity index (χ3v) is 3.92. The first-order chi connectivity index (χ1) is 6.63. The number of rotatable bonds is 2. The second-order valence-electron chi connectivity index (χ2n) is 4.87. The van der Waals surface area contributed by atoms with Gasteiger partial charge in [0.25, 0.3) is 0 Å². The van der Waals surface area contributed by atoms with Crippen molar-refractivity contribution in [2.24, 2.45) is 11.3 Å². The number of carboxylic acids is 1. The summed E-state index contributed by atoms with van der Waals surface area (Å²) in [6, 6.07) is 0. The minimum Gasteiger partial charge on any atom is -0.481 e. The van der Waals surface area contributed by atoms with Crippen molar-refractivity contribution < 1.29 is 14.6 Å². The summed E-state index contributed by atoms with van der Waals surface area (Å²) < 4.78 is 5.68. The fraction of sp³-hybridized carbons (Fsp3) is 0.909. The summed E-state index contributed by atoms with van der Waals surface area (Å²) >= 11 is 0. The monoisotopic (exact) mass is 198 g/mol. The van der Waals surface area contributed by atoms with E-state index in [1.165, 1.54) is 19.3 Å². The molecular formula is C11H18O3. The highest BCUT2D eigenvalue weighted by molar-refractivity contribution is 5.70. The maximum atomic E-state index is 10.8. The van der Waals surface area contributed by atoms with Crippen LogP contribution in [0.3, 0.4) is 0 Å². The standard InChI is InChI=1S/C11H18O3/c1-8(10(12)13)9-3-6-11(7-14-9)4-2-5-11/h8-9H,2-7H2,1H3,(H,12,13)/t8-,9?/m0/s1. The van der Waals surface area contributed by atoms with E-state index < -0.39 is 5.97 Å². The third kappa shape index (κ3) is 1.65. The molecule has 0 aromatic heterocycles. The van der Waals surface area contributed by atoms with Gasteiger partial charge in [-0.2, -0.15) is 0 Å². The van der Waals surface area contributed by atoms with Crippen LogP contribution in [-0.4, -0.2) is 23.8 Å². The van der Waals surface area contributed by atoms with E-state index in [2.05, 4.69) is 0 Å². The minimum atomic E-state index is -0.737. The molecule has 80 valence electrons. The lowest BCUT2D eigenvalue weighted by molar-refractivity contribution is -0.156. The van der Waals surface area contributed by atoms with Gasteiger partial charge in [-0.15, -0.1) is 0 Å². The first kappa shape index (κ1) is 9.97. The van der Waals surface area contributed by atoms with Crippen molar-refractivity contribution in [1.82, 2.24) is 0 Å². The van der Waals surface area contributed by atoms with Crippen LogP contribution >= 0.6 is 0 Å². The summed E-state index contributed by atoms with van der Waals surface area (Å²) in [5.41, 5.74) is 0.439. The van der Waals surface area contributed by atoms with Gasteiger partial charge in [-0.25, -0.2) is 0 Å². The third-order valence-electron chi connectivity index (χ3n) is 3.92. The van der Waals surface area contributed by atoms with E-state index in [1.807, 2.05) is 0 Å².